The van der Waals surface area contributed by atoms with Gasteiger partial charge >= 0.3 is 0 Å². The Bertz CT molecular complexity index is 78.7. The molecule has 0 atom stereocenters. The molecular weight excluding hydrogens is 88.1 g/mol. The molecule has 0 N–H and O–H groups in total. The molecule has 0 aliphatic carbocycles. The van der Waals surface area contributed by atoms with E-state index in [2.05, 4.69) is 12.5 Å². The topological polar surface area (TPSA) is 9.23 Å². The Labute approximate surface area is 44.0 Å². The highest BCUT2D eigenvalue weighted by Gasteiger charge is 1.71. The van der Waals surface area contributed by atoms with E-state index in [0.29, 0.717) is 13.2 Å². The molecule has 0 aliphatic heterocycles. The van der Waals surface area contributed by atoms with Gasteiger partial charge < -0.3 is 4.74 Å². The molecule has 0 saturated carbocycles. The summed E-state index contributed by atoms with van der Waals surface area (Å²) in [6, 6.07) is 0. The van der Waals surface area contributed by atoms with Crippen LogP contribution in [0.15, 0.2) is 12.7 Å². The van der Waals surface area contributed by atoms with Gasteiger partial charge in [-0.2, -0.15) is 0 Å². The van der Waals surface area contributed by atoms with Crippen molar-refractivity contribution in [2.24, 2.45) is 0 Å². The van der Waals surface area contributed by atoms with Gasteiger partial charge in [0.1, 0.15) is 6.61 Å². The molecule has 0 aromatic heterocycles. The molecule has 1 heteroatoms. The Morgan fingerprint density at radius 1 is 1.86 bits per heavy atom. The van der Waals surface area contributed by atoms with Gasteiger partial charge in [-0.25, -0.2) is 0 Å². The molecule has 0 amide bonds. The van der Waals surface area contributed by atoms with Crippen molar-refractivity contribution >= 4 is 0 Å². The molecule has 0 aromatic carbocycles. The van der Waals surface area contributed by atoms with Crippen LogP contribution in [0.2, 0.25) is 0 Å². The van der Waals surface area contributed by atoms with Gasteiger partial charge in [-0.05, 0) is 0 Å². The Balaban J connectivity index is 2.72. The molecule has 0 spiro atoms. The van der Waals surface area contributed by atoms with Gasteiger partial charge in [0.05, 0.1) is 6.61 Å². The van der Waals surface area contributed by atoms with Crippen molar-refractivity contribution < 1.29 is 4.74 Å². The molecule has 0 unspecified atom stereocenters. The SMILES string of the molecule is C#CCOCC=C. The summed E-state index contributed by atoms with van der Waals surface area (Å²) in [6.07, 6.45) is 6.52. The molecule has 0 aromatic rings. The summed E-state index contributed by atoms with van der Waals surface area (Å²) in [5.74, 6) is 2.33. The van der Waals surface area contributed by atoms with E-state index in [4.69, 9.17) is 11.2 Å². The van der Waals surface area contributed by atoms with Crippen LogP contribution in [-0.2, 0) is 4.74 Å². The summed E-state index contributed by atoms with van der Waals surface area (Å²) in [5.41, 5.74) is 0. The van der Waals surface area contributed by atoms with E-state index in [0.717, 1.165) is 0 Å². The van der Waals surface area contributed by atoms with Crippen LogP contribution >= 0.6 is 0 Å². The molecule has 0 bridgehead atoms. The van der Waals surface area contributed by atoms with Crippen molar-refractivity contribution in [3.63, 3.8) is 0 Å². The number of ether oxygens (including phenoxy) is 1. The third-order valence-corrected chi connectivity index (χ3v) is 0.421. The van der Waals surface area contributed by atoms with E-state index < -0.39 is 0 Å². The van der Waals surface area contributed by atoms with Crippen LogP contribution < -0.4 is 0 Å². The first-order valence-corrected chi connectivity index (χ1v) is 2.04. The number of terminal acetylenes is 1. The normalized spacial score (nSPS) is 7.29. The molecule has 0 radical (unpaired) electrons. The van der Waals surface area contributed by atoms with Gasteiger partial charge in [-0.3, -0.25) is 0 Å². The fraction of sp³-hybridized carbons (Fsp3) is 0.333. The van der Waals surface area contributed by atoms with Crippen LogP contribution in [0.5, 0.6) is 0 Å². The third kappa shape index (κ3) is 5.26. The van der Waals surface area contributed by atoms with Crippen molar-refractivity contribution in [2.45, 2.75) is 0 Å². The van der Waals surface area contributed by atoms with E-state index in [-0.39, 0.29) is 0 Å². The lowest BCUT2D eigenvalue weighted by Crippen LogP contribution is -1.88. The number of rotatable bonds is 3. The molecule has 0 saturated heterocycles. The number of hydrogen-bond acceptors (Lipinski definition) is 1. The monoisotopic (exact) mass is 96.1 g/mol. The minimum atomic E-state index is 0.381. The van der Waals surface area contributed by atoms with Gasteiger partial charge in [-0.15, -0.1) is 13.0 Å². The van der Waals surface area contributed by atoms with Crippen LogP contribution in [0, 0.1) is 12.3 Å². The maximum Gasteiger partial charge on any atom is 0.107 e. The summed E-state index contributed by atoms with van der Waals surface area (Å²) in [7, 11) is 0. The summed E-state index contributed by atoms with van der Waals surface area (Å²) in [5, 5.41) is 0. The second-order valence-corrected chi connectivity index (χ2v) is 1.01. The minimum absolute atomic E-state index is 0.381. The standard InChI is InChI=1S/C6H8O/c1-3-5-7-6-4-2/h1,4H,2,5-6H2. The smallest absolute Gasteiger partial charge is 0.107 e. The highest BCUT2D eigenvalue weighted by molar-refractivity contribution is 4.83. The summed E-state index contributed by atoms with van der Waals surface area (Å²) in [6.45, 7) is 4.37. The quantitative estimate of drug-likeness (QED) is 0.287. The fourth-order valence-corrected chi connectivity index (χ4v) is 0.201. The zero-order valence-electron chi connectivity index (χ0n) is 4.18. The molecule has 38 valence electrons. The summed E-state index contributed by atoms with van der Waals surface area (Å²) >= 11 is 0. The van der Waals surface area contributed by atoms with Crippen LogP contribution in [0.4, 0.5) is 0 Å². The molecule has 0 fully saturated rings. The lowest BCUT2D eigenvalue weighted by Gasteiger charge is -1.88. The Morgan fingerprint density at radius 3 is 3.00 bits per heavy atom. The maximum atomic E-state index is 4.86. The van der Waals surface area contributed by atoms with E-state index in [1.165, 1.54) is 0 Å². The highest BCUT2D eigenvalue weighted by Crippen LogP contribution is 1.69. The lowest BCUT2D eigenvalue weighted by molar-refractivity contribution is 0.199. The molecular formula is C6H8O. The largest absolute Gasteiger partial charge is 0.365 e. The lowest BCUT2D eigenvalue weighted by atomic mass is 10.7. The average Bonchev–Trinajstić information content (AvgIpc) is 1.69. The predicted molar refractivity (Wildman–Crippen MR) is 29.8 cm³/mol. The first-order valence-electron chi connectivity index (χ1n) is 2.04. The molecule has 0 aliphatic rings. The van der Waals surface area contributed by atoms with Crippen LogP contribution in [0.1, 0.15) is 0 Å². The van der Waals surface area contributed by atoms with E-state index in [1.54, 1.807) is 6.08 Å². The average molecular weight is 96.1 g/mol. The van der Waals surface area contributed by atoms with E-state index in [9.17, 15) is 0 Å². The zero-order valence-corrected chi connectivity index (χ0v) is 4.18. The second kappa shape index (κ2) is 5.26. The predicted octanol–water partition coefficient (Wildman–Crippen LogP) is 0.822. The Hall–Kier alpha value is -0.740. The summed E-state index contributed by atoms with van der Waals surface area (Å²) in [4.78, 5) is 0. The van der Waals surface area contributed by atoms with Crippen molar-refractivity contribution in [1.82, 2.24) is 0 Å². The van der Waals surface area contributed by atoms with Crippen molar-refractivity contribution in [3.05, 3.63) is 12.7 Å². The van der Waals surface area contributed by atoms with Crippen molar-refractivity contribution in [1.29, 1.82) is 0 Å². The van der Waals surface area contributed by atoms with Gasteiger partial charge in [0.15, 0.2) is 0 Å². The second-order valence-electron chi connectivity index (χ2n) is 1.01. The maximum absolute atomic E-state index is 4.86. The van der Waals surface area contributed by atoms with E-state index >= 15 is 0 Å². The van der Waals surface area contributed by atoms with Crippen molar-refractivity contribution in [3.8, 4) is 12.3 Å². The minimum Gasteiger partial charge on any atom is -0.365 e. The van der Waals surface area contributed by atoms with Gasteiger partial charge in [0.25, 0.3) is 0 Å². The Morgan fingerprint density at radius 2 is 2.57 bits per heavy atom. The highest BCUT2D eigenvalue weighted by atomic mass is 16.5. The third-order valence-electron chi connectivity index (χ3n) is 0.421. The summed E-state index contributed by atoms with van der Waals surface area (Å²) < 4.78 is 4.78. The van der Waals surface area contributed by atoms with Crippen LogP contribution in [0.3, 0.4) is 0 Å². The number of hydrogen-bond donors (Lipinski definition) is 0. The fourth-order valence-electron chi connectivity index (χ4n) is 0.201. The van der Waals surface area contributed by atoms with Crippen LogP contribution in [0.25, 0.3) is 0 Å². The van der Waals surface area contributed by atoms with Crippen LogP contribution in [-0.4, -0.2) is 13.2 Å². The molecule has 7 heavy (non-hydrogen) atoms. The molecule has 1 nitrogen and oxygen atoms in total. The van der Waals surface area contributed by atoms with Gasteiger partial charge in [0.2, 0.25) is 0 Å². The molecule has 0 heterocycles. The molecule has 0 rings (SSSR count). The van der Waals surface area contributed by atoms with Gasteiger partial charge in [-0.1, -0.05) is 12.0 Å². The zero-order chi connectivity index (χ0) is 5.54. The van der Waals surface area contributed by atoms with Crippen molar-refractivity contribution in [2.75, 3.05) is 13.2 Å². The van der Waals surface area contributed by atoms with E-state index in [1.807, 2.05) is 0 Å². The van der Waals surface area contributed by atoms with Gasteiger partial charge in [0, 0.05) is 0 Å². The Kier molecular flexibility index (Phi) is 4.70. The first kappa shape index (κ1) is 6.26. The first-order chi connectivity index (χ1) is 3.41.